The molecule has 3 nitrogen and oxygen atoms in total. The quantitative estimate of drug-likeness (QED) is 0.916. The molecular formula is C13H15F3O3. The van der Waals surface area contributed by atoms with Crippen LogP contribution in [0.3, 0.4) is 0 Å². The molecule has 0 spiro atoms. The Balaban J connectivity index is 3.50. The molecule has 6 heteroatoms. The lowest BCUT2D eigenvalue weighted by molar-refractivity contribution is -0.141. The van der Waals surface area contributed by atoms with E-state index in [2.05, 4.69) is 0 Å². The van der Waals surface area contributed by atoms with Gasteiger partial charge < -0.3 is 9.84 Å². The normalized spacial score (nSPS) is 12.3. The van der Waals surface area contributed by atoms with Gasteiger partial charge in [0.25, 0.3) is 0 Å². The van der Waals surface area contributed by atoms with Crippen LogP contribution in [-0.2, 0) is 16.4 Å². The van der Waals surface area contributed by atoms with E-state index < -0.39 is 29.5 Å². The Morgan fingerprint density at radius 3 is 2.32 bits per heavy atom. The highest BCUT2D eigenvalue weighted by atomic mass is 19.4. The van der Waals surface area contributed by atoms with Crippen molar-refractivity contribution in [1.82, 2.24) is 0 Å². The second-order valence-corrected chi connectivity index (χ2v) is 4.83. The fourth-order valence-corrected chi connectivity index (χ4v) is 2.10. The zero-order valence-corrected chi connectivity index (χ0v) is 10.8. The molecule has 0 unspecified atom stereocenters. The highest BCUT2D eigenvalue weighted by molar-refractivity contribution is 5.69. The molecule has 106 valence electrons. The number of halogens is 3. The topological polar surface area (TPSA) is 46.5 Å². The van der Waals surface area contributed by atoms with Crippen LogP contribution < -0.4 is 4.74 Å². The van der Waals surface area contributed by atoms with Crippen LogP contribution >= 0.6 is 0 Å². The molecule has 0 aliphatic heterocycles. The van der Waals surface area contributed by atoms with Gasteiger partial charge in [-0.2, -0.15) is 13.2 Å². The Morgan fingerprint density at radius 2 is 1.89 bits per heavy atom. The third-order valence-corrected chi connectivity index (χ3v) is 2.82. The van der Waals surface area contributed by atoms with Gasteiger partial charge in [-0.1, -0.05) is 19.9 Å². The maximum Gasteiger partial charge on any atom is 0.416 e. The third-order valence-electron chi connectivity index (χ3n) is 2.82. The number of hydrogen-bond donors (Lipinski definition) is 1. The molecule has 0 saturated carbocycles. The van der Waals surface area contributed by atoms with Gasteiger partial charge >= 0.3 is 12.1 Å². The molecule has 0 aromatic heterocycles. The Labute approximate surface area is 109 Å². The predicted octanol–water partition coefficient (Wildman–Crippen LogP) is 3.47. The van der Waals surface area contributed by atoms with Crippen LogP contribution in [0.2, 0.25) is 0 Å². The summed E-state index contributed by atoms with van der Waals surface area (Å²) in [4.78, 5) is 10.8. The van der Waals surface area contributed by atoms with Gasteiger partial charge in [0.1, 0.15) is 5.75 Å². The van der Waals surface area contributed by atoms with Gasteiger partial charge in [0.05, 0.1) is 19.1 Å². The molecule has 0 amide bonds. The summed E-state index contributed by atoms with van der Waals surface area (Å²) in [5, 5.41) is 8.85. The average Bonchev–Trinajstić information content (AvgIpc) is 2.25. The summed E-state index contributed by atoms with van der Waals surface area (Å²) >= 11 is 0. The molecule has 0 heterocycles. The van der Waals surface area contributed by atoms with E-state index in [0.717, 1.165) is 6.07 Å². The van der Waals surface area contributed by atoms with Crippen LogP contribution in [0.4, 0.5) is 13.2 Å². The Bertz CT molecular complexity index is 479. The lowest BCUT2D eigenvalue weighted by atomic mass is 9.78. The average molecular weight is 276 g/mol. The van der Waals surface area contributed by atoms with Crippen molar-refractivity contribution in [2.45, 2.75) is 31.9 Å². The van der Waals surface area contributed by atoms with Gasteiger partial charge in [-0.15, -0.1) is 0 Å². The molecule has 1 aromatic carbocycles. The molecule has 0 aliphatic carbocycles. The summed E-state index contributed by atoms with van der Waals surface area (Å²) in [6.07, 6.45) is -4.98. The van der Waals surface area contributed by atoms with Crippen molar-refractivity contribution in [2.75, 3.05) is 7.11 Å². The number of carboxylic acid groups (broad SMARTS) is 1. The molecule has 1 aromatic rings. The number of carboxylic acids is 1. The van der Waals surface area contributed by atoms with Gasteiger partial charge in [0.2, 0.25) is 0 Å². The van der Waals surface area contributed by atoms with E-state index in [4.69, 9.17) is 9.84 Å². The number of carbonyl (C=O) groups is 1. The Morgan fingerprint density at radius 1 is 1.32 bits per heavy atom. The van der Waals surface area contributed by atoms with E-state index in [1.54, 1.807) is 0 Å². The smallest absolute Gasteiger partial charge is 0.416 e. The molecule has 0 saturated heterocycles. The summed E-state index contributed by atoms with van der Waals surface area (Å²) in [5.41, 5.74) is -2.19. The maximum absolute atomic E-state index is 13.0. The van der Waals surface area contributed by atoms with Gasteiger partial charge in [-0.05, 0) is 12.1 Å². The lowest BCUT2D eigenvalue weighted by Gasteiger charge is -2.28. The van der Waals surface area contributed by atoms with Crippen LogP contribution in [0.5, 0.6) is 5.75 Å². The van der Waals surface area contributed by atoms with Crippen molar-refractivity contribution in [3.63, 3.8) is 0 Å². The minimum Gasteiger partial charge on any atom is -0.496 e. The second kappa shape index (κ2) is 5.11. The molecule has 0 aliphatic rings. The van der Waals surface area contributed by atoms with E-state index >= 15 is 0 Å². The van der Waals surface area contributed by atoms with Crippen LogP contribution in [-0.4, -0.2) is 18.2 Å². The fraction of sp³-hybridized carbons (Fsp3) is 0.462. The van der Waals surface area contributed by atoms with Gasteiger partial charge in [0, 0.05) is 11.0 Å². The first-order valence-electron chi connectivity index (χ1n) is 5.56. The summed E-state index contributed by atoms with van der Waals surface area (Å²) < 4.78 is 44.0. The number of hydrogen-bond acceptors (Lipinski definition) is 2. The molecule has 0 fully saturated rings. The van der Waals surface area contributed by atoms with Crippen LogP contribution in [0.25, 0.3) is 0 Å². The standard InChI is InChI=1S/C13H15F3O3/c1-12(2,7-10(17)18)11-8(13(14,15)16)5-4-6-9(11)19-3/h4-6H,7H2,1-3H3,(H,17,18). The van der Waals surface area contributed by atoms with Crippen molar-refractivity contribution in [3.8, 4) is 5.75 Å². The minimum absolute atomic E-state index is 0.0427. The van der Waals surface area contributed by atoms with Crippen LogP contribution in [0.1, 0.15) is 31.4 Å². The van der Waals surface area contributed by atoms with E-state index in [9.17, 15) is 18.0 Å². The van der Waals surface area contributed by atoms with Crippen molar-refractivity contribution in [3.05, 3.63) is 29.3 Å². The van der Waals surface area contributed by atoms with Crippen molar-refractivity contribution < 1.29 is 27.8 Å². The summed E-state index contributed by atoms with van der Waals surface area (Å²) in [7, 11) is 1.26. The molecule has 0 radical (unpaired) electrons. The molecule has 0 bridgehead atoms. The number of alkyl halides is 3. The number of benzene rings is 1. The highest BCUT2D eigenvalue weighted by Gasteiger charge is 2.40. The van der Waals surface area contributed by atoms with Crippen molar-refractivity contribution in [2.24, 2.45) is 0 Å². The number of methoxy groups -OCH3 is 1. The third kappa shape index (κ3) is 3.39. The minimum atomic E-state index is -4.56. The van der Waals surface area contributed by atoms with E-state index in [-0.39, 0.29) is 11.3 Å². The highest BCUT2D eigenvalue weighted by Crippen LogP contribution is 2.43. The maximum atomic E-state index is 13.0. The Kier molecular flexibility index (Phi) is 4.12. The van der Waals surface area contributed by atoms with E-state index in [1.165, 1.54) is 33.1 Å². The van der Waals surface area contributed by atoms with Crippen LogP contribution in [0, 0.1) is 0 Å². The van der Waals surface area contributed by atoms with Gasteiger partial charge in [-0.25, -0.2) is 0 Å². The molecule has 1 N–H and O–H groups in total. The zero-order valence-electron chi connectivity index (χ0n) is 10.8. The largest absolute Gasteiger partial charge is 0.496 e. The first-order valence-corrected chi connectivity index (χ1v) is 5.56. The Hall–Kier alpha value is -1.72. The van der Waals surface area contributed by atoms with Crippen LogP contribution in [0.15, 0.2) is 18.2 Å². The summed E-state index contributed by atoms with van der Waals surface area (Å²) in [5.74, 6) is -1.12. The van der Waals surface area contributed by atoms with Gasteiger partial charge in [-0.3, -0.25) is 4.79 Å². The molecule has 0 atom stereocenters. The van der Waals surface area contributed by atoms with Gasteiger partial charge in [0.15, 0.2) is 0 Å². The molecule has 19 heavy (non-hydrogen) atoms. The fourth-order valence-electron chi connectivity index (χ4n) is 2.10. The zero-order chi connectivity index (χ0) is 14.8. The number of rotatable bonds is 4. The van der Waals surface area contributed by atoms with E-state index in [1.807, 2.05) is 0 Å². The first-order chi connectivity index (χ1) is 8.59. The number of aliphatic carboxylic acids is 1. The second-order valence-electron chi connectivity index (χ2n) is 4.83. The molecule has 1 rings (SSSR count). The molecular weight excluding hydrogens is 261 g/mol. The van der Waals surface area contributed by atoms with Crippen molar-refractivity contribution in [1.29, 1.82) is 0 Å². The monoisotopic (exact) mass is 276 g/mol. The SMILES string of the molecule is COc1cccc(C(F)(F)F)c1C(C)(C)CC(=O)O. The predicted molar refractivity (Wildman–Crippen MR) is 63.3 cm³/mol. The number of ether oxygens (including phenoxy) is 1. The summed E-state index contributed by atoms with van der Waals surface area (Å²) in [6.45, 7) is 2.91. The van der Waals surface area contributed by atoms with Crippen molar-refractivity contribution >= 4 is 5.97 Å². The lowest BCUT2D eigenvalue weighted by Crippen LogP contribution is -2.26. The van der Waals surface area contributed by atoms with E-state index in [0.29, 0.717) is 0 Å². The summed E-state index contributed by atoms with van der Waals surface area (Å²) in [6, 6.07) is 3.57. The first kappa shape index (κ1) is 15.3.